The number of aryl methyl sites for hydroxylation is 1. The quantitative estimate of drug-likeness (QED) is 0.853. The number of likely N-dealkylation sites (tertiary alicyclic amines) is 1. The van der Waals surface area contributed by atoms with E-state index in [0.29, 0.717) is 30.2 Å². The standard InChI is InChI=1S/C19H25N3O3/c1-12-20-16-6-5-14(11-15(16)17(23)21-12)13-7-9-22(10-8-13)18(24)25-19(2,3)4/h5-6,11,13H,7-10H2,1-4H3,(H,20,21,23). The van der Waals surface area contributed by atoms with Crippen molar-refractivity contribution in [1.82, 2.24) is 14.9 Å². The number of hydrogen-bond acceptors (Lipinski definition) is 5. The van der Waals surface area contributed by atoms with Crippen molar-refractivity contribution in [2.45, 2.75) is 52.1 Å². The number of piperidine rings is 1. The van der Waals surface area contributed by atoms with E-state index in [-0.39, 0.29) is 12.0 Å². The van der Waals surface area contributed by atoms with Gasteiger partial charge in [-0.1, -0.05) is 6.07 Å². The van der Waals surface area contributed by atoms with E-state index < -0.39 is 5.60 Å². The molecule has 6 nitrogen and oxygen atoms in total. The van der Waals surface area contributed by atoms with Crippen LogP contribution in [0.2, 0.25) is 0 Å². The van der Waals surface area contributed by atoms with Crippen molar-refractivity contribution < 1.29 is 14.6 Å². The number of aromatic hydroxyl groups is 1. The Hall–Kier alpha value is -2.37. The van der Waals surface area contributed by atoms with Gasteiger partial charge in [0.05, 0.1) is 10.9 Å². The predicted molar refractivity (Wildman–Crippen MR) is 95.7 cm³/mol. The number of amides is 1. The number of fused-ring (bicyclic) bond motifs is 1. The Bertz CT molecular complexity index is 790. The first kappa shape index (κ1) is 17.5. The van der Waals surface area contributed by atoms with Gasteiger partial charge in [-0.2, -0.15) is 4.98 Å². The molecule has 2 aromatic rings. The van der Waals surface area contributed by atoms with Crippen molar-refractivity contribution in [2.75, 3.05) is 13.1 Å². The van der Waals surface area contributed by atoms with Gasteiger partial charge in [0.25, 0.3) is 0 Å². The second-order valence-corrected chi connectivity index (χ2v) is 7.61. The Morgan fingerprint density at radius 1 is 1.24 bits per heavy atom. The summed E-state index contributed by atoms with van der Waals surface area (Å²) < 4.78 is 5.44. The van der Waals surface area contributed by atoms with Crippen LogP contribution in [-0.2, 0) is 4.74 Å². The number of rotatable bonds is 1. The van der Waals surface area contributed by atoms with Crippen LogP contribution in [0.25, 0.3) is 10.9 Å². The molecule has 1 aliphatic heterocycles. The fraction of sp³-hybridized carbons (Fsp3) is 0.526. The molecule has 0 unspecified atom stereocenters. The predicted octanol–water partition coefficient (Wildman–Crippen LogP) is 3.76. The molecule has 1 saturated heterocycles. The van der Waals surface area contributed by atoms with E-state index in [1.54, 1.807) is 11.8 Å². The van der Waals surface area contributed by atoms with Crippen LogP contribution in [0.15, 0.2) is 18.2 Å². The summed E-state index contributed by atoms with van der Waals surface area (Å²) in [6, 6.07) is 5.96. The lowest BCUT2D eigenvalue weighted by molar-refractivity contribution is 0.0205. The van der Waals surface area contributed by atoms with Crippen LogP contribution in [0.3, 0.4) is 0 Å². The molecule has 0 spiro atoms. The lowest BCUT2D eigenvalue weighted by Gasteiger charge is -2.33. The van der Waals surface area contributed by atoms with E-state index in [0.717, 1.165) is 23.9 Å². The third-order valence-corrected chi connectivity index (χ3v) is 4.43. The minimum Gasteiger partial charge on any atom is -0.493 e. The number of carbonyl (C=O) groups excluding carboxylic acids is 1. The van der Waals surface area contributed by atoms with Crippen LogP contribution in [0, 0.1) is 6.92 Å². The smallest absolute Gasteiger partial charge is 0.410 e. The zero-order chi connectivity index (χ0) is 18.2. The van der Waals surface area contributed by atoms with Gasteiger partial charge in [-0.25, -0.2) is 9.78 Å². The summed E-state index contributed by atoms with van der Waals surface area (Å²) in [6.07, 6.45) is 1.50. The molecule has 1 aromatic carbocycles. The minimum absolute atomic E-state index is 0.0236. The lowest BCUT2D eigenvalue weighted by atomic mass is 9.89. The maximum absolute atomic E-state index is 12.2. The Kier molecular flexibility index (Phi) is 4.54. The van der Waals surface area contributed by atoms with Crippen molar-refractivity contribution in [3.8, 4) is 5.88 Å². The van der Waals surface area contributed by atoms with Gasteiger partial charge >= 0.3 is 6.09 Å². The normalized spacial score (nSPS) is 16.2. The summed E-state index contributed by atoms with van der Waals surface area (Å²) in [5.74, 6) is 0.933. The first-order chi connectivity index (χ1) is 11.7. The van der Waals surface area contributed by atoms with Crippen molar-refractivity contribution in [3.63, 3.8) is 0 Å². The fourth-order valence-electron chi connectivity index (χ4n) is 3.22. The largest absolute Gasteiger partial charge is 0.493 e. The molecule has 3 rings (SSSR count). The molecule has 25 heavy (non-hydrogen) atoms. The molecule has 0 radical (unpaired) electrons. The van der Waals surface area contributed by atoms with E-state index in [9.17, 15) is 9.90 Å². The second kappa shape index (κ2) is 6.50. The molecule has 1 aromatic heterocycles. The molecular formula is C19H25N3O3. The lowest BCUT2D eigenvalue weighted by Crippen LogP contribution is -2.41. The molecule has 0 saturated carbocycles. The molecule has 0 aliphatic carbocycles. The molecule has 6 heteroatoms. The highest BCUT2D eigenvalue weighted by Crippen LogP contribution is 2.32. The average molecular weight is 343 g/mol. The van der Waals surface area contributed by atoms with Crippen molar-refractivity contribution >= 4 is 17.0 Å². The number of nitrogens with zero attached hydrogens (tertiary/aromatic N) is 3. The molecule has 0 atom stereocenters. The van der Waals surface area contributed by atoms with Gasteiger partial charge in [-0.3, -0.25) is 0 Å². The van der Waals surface area contributed by atoms with Gasteiger partial charge in [0.15, 0.2) is 0 Å². The van der Waals surface area contributed by atoms with Crippen LogP contribution in [0.4, 0.5) is 4.79 Å². The van der Waals surface area contributed by atoms with E-state index in [2.05, 4.69) is 16.0 Å². The van der Waals surface area contributed by atoms with Crippen LogP contribution >= 0.6 is 0 Å². The van der Waals surface area contributed by atoms with Gasteiger partial charge in [-0.15, -0.1) is 0 Å². The number of hydrogen-bond donors (Lipinski definition) is 1. The Labute approximate surface area is 147 Å². The summed E-state index contributed by atoms with van der Waals surface area (Å²) in [5.41, 5.74) is 1.43. The van der Waals surface area contributed by atoms with Crippen molar-refractivity contribution in [3.05, 3.63) is 29.6 Å². The molecular weight excluding hydrogens is 318 g/mol. The minimum atomic E-state index is -0.470. The molecule has 0 bridgehead atoms. The highest BCUT2D eigenvalue weighted by atomic mass is 16.6. The van der Waals surface area contributed by atoms with Gasteiger partial charge in [0.1, 0.15) is 11.4 Å². The Balaban J connectivity index is 1.71. The van der Waals surface area contributed by atoms with E-state index in [4.69, 9.17) is 4.74 Å². The van der Waals surface area contributed by atoms with Gasteiger partial charge in [0, 0.05) is 13.1 Å². The van der Waals surface area contributed by atoms with Gasteiger partial charge in [-0.05, 0) is 64.2 Å². The van der Waals surface area contributed by atoms with Crippen LogP contribution in [-0.4, -0.2) is 44.8 Å². The van der Waals surface area contributed by atoms with Gasteiger partial charge in [0.2, 0.25) is 5.88 Å². The fourth-order valence-corrected chi connectivity index (χ4v) is 3.22. The highest BCUT2D eigenvalue weighted by molar-refractivity contribution is 5.84. The third-order valence-electron chi connectivity index (χ3n) is 4.43. The SMILES string of the molecule is Cc1nc(O)c2cc(C3CCN(C(=O)OC(C)(C)C)CC3)ccc2n1. The maximum Gasteiger partial charge on any atom is 0.410 e. The second-order valence-electron chi connectivity index (χ2n) is 7.61. The maximum atomic E-state index is 12.2. The summed E-state index contributed by atoms with van der Waals surface area (Å²) in [5, 5.41) is 10.8. The molecule has 2 heterocycles. The Morgan fingerprint density at radius 3 is 2.56 bits per heavy atom. The first-order valence-electron chi connectivity index (χ1n) is 8.68. The van der Waals surface area contributed by atoms with E-state index in [1.807, 2.05) is 32.9 Å². The molecule has 1 fully saturated rings. The molecule has 1 N–H and O–H groups in total. The van der Waals surface area contributed by atoms with Crippen LogP contribution in [0.5, 0.6) is 5.88 Å². The number of ether oxygens (including phenoxy) is 1. The summed E-state index contributed by atoms with van der Waals surface area (Å²) >= 11 is 0. The summed E-state index contributed by atoms with van der Waals surface area (Å²) in [7, 11) is 0. The number of benzene rings is 1. The van der Waals surface area contributed by atoms with Crippen LogP contribution in [0.1, 0.15) is 50.9 Å². The first-order valence-corrected chi connectivity index (χ1v) is 8.68. The summed E-state index contributed by atoms with van der Waals surface area (Å²) in [6.45, 7) is 8.75. The van der Waals surface area contributed by atoms with Gasteiger partial charge < -0.3 is 14.7 Å². The highest BCUT2D eigenvalue weighted by Gasteiger charge is 2.27. The topological polar surface area (TPSA) is 75.6 Å². The number of aromatic nitrogens is 2. The Morgan fingerprint density at radius 2 is 1.92 bits per heavy atom. The zero-order valence-electron chi connectivity index (χ0n) is 15.2. The van der Waals surface area contributed by atoms with E-state index >= 15 is 0 Å². The molecule has 1 aliphatic rings. The molecule has 134 valence electrons. The van der Waals surface area contributed by atoms with Crippen LogP contribution < -0.4 is 0 Å². The molecule has 1 amide bonds. The average Bonchev–Trinajstić information content (AvgIpc) is 2.53. The monoisotopic (exact) mass is 343 g/mol. The third kappa shape index (κ3) is 4.00. The van der Waals surface area contributed by atoms with Crippen molar-refractivity contribution in [1.29, 1.82) is 0 Å². The van der Waals surface area contributed by atoms with E-state index in [1.165, 1.54) is 0 Å². The van der Waals surface area contributed by atoms with Crippen molar-refractivity contribution in [2.24, 2.45) is 0 Å². The summed E-state index contributed by atoms with van der Waals surface area (Å²) in [4.78, 5) is 22.3. The zero-order valence-corrected chi connectivity index (χ0v) is 15.2. The number of carbonyl (C=O) groups is 1.